The van der Waals surface area contributed by atoms with Gasteiger partial charge in [-0.3, -0.25) is 0 Å². The van der Waals surface area contributed by atoms with E-state index in [0.717, 1.165) is 29.9 Å². The Hall–Kier alpha value is -10.7. The average molecular weight is 1060 g/mol. The van der Waals surface area contributed by atoms with Crippen LogP contribution >= 0.6 is 0 Å². The van der Waals surface area contributed by atoms with Crippen LogP contribution in [0.25, 0.3) is 149 Å². The highest BCUT2D eigenvalue weighted by Gasteiger charge is 2.27. The SMILES string of the molecule is c1ccc(-c2cc(-c3ccccc3)cc(-n3c4cc(-n5c6ccc(-c7ccccc7)cc6c6cc(-c7ccccc7)ccc65)cc5c4c4c(cc(-n6c7ccc(-c8ccccc8)cc7c7cc(-c8ccccc8)ccc76)cc43)CC5)c2)cc1. The van der Waals surface area contributed by atoms with E-state index in [2.05, 4.69) is 311 Å². The van der Waals surface area contributed by atoms with E-state index < -0.39 is 0 Å². The van der Waals surface area contributed by atoms with Crippen LogP contribution in [0.1, 0.15) is 11.1 Å². The summed E-state index contributed by atoms with van der Waals surface area (Å²) in [6.45, 7) is 0. The van der Waals surface area contributed by atoms with E-state index in [1.165, 1.54) is 143 Å². The van der Waals surface area contributed by atoms with Crippen LogP contribution in [-0.4, -0.2) is 13.7 Å². The molecule has 17 rings (SSSR count). The molecule has 0 fully saturated rings. The molecule has 1 aliphatic carbocycles. The lowest BCUT2D eigenvalue weighted by Gasteiger charge is -2.18. The van der Waals surface area contributed by atoms with Crippen molar-refractivity contribution in [2.75, 3.05) is 0 Å². The molecular formula is C80H53N3. The third-order valence-corrected chi connectivity index (χ3v) is 17.6. The molecule has 13 aromatic carbocycles. The first kappa shape index (κ1) is 47.1. The minimum Gasteiger partial charge on any atom is -0.309 e. The number of benzene rings is 13. The fraction of sp³-hybridized carbons (Fsp3) is 0.0250. The summed E-state index contributed by atoms with van der Waals surface area (Å²) < 4.78 is 7.68. The Kier molecular flexibility index (Phi) is 10.8. The van der Waals surface area contributed by atoms with Gasteiger partial charge in [0.25, 0.3) is 0 Å². The van der Waals surface area contributed by atoms with Crippen LogP contribution in [0.15, 0.2) is 297 Å². The van der Waals surface area contributed by atoms with Crippen molar-refractivity contribution in [1.82, 2.24) is 13.7 Å². The molecule has 0 saturated carbocycles. The number of fused-ring (bicyclic) bond motifs is 6. The van der Waals surface area contributed by atoms with Gasteiger partial charge in [-0.25, -0.2) is 0 Å². The topological polar surface area (TPSA) is 14.8 Å². The molecule has 0 amide bonds. The molecule has 0 N–H and O–H groups in total. The Labute approximate surface area is 481 Å². The molecule has 0 saturated heterocycles. The summed E-state index contributed by atoms with van der Waals surface area (Å²) in [5, 5.41) is 7.62. The molecule has 3 nitrogen and oxygen atoms in total. The summed E-state index contributed by atoms with van der Waals surface area (Å²) >= 11 is 0. The van der Waals surface area contributed by atoms with Crippen LogP contribution in [0.3, 0.4) is 0 Å². The first-order valence-corrected chi connectivity index (χ1v) is 28.9. The summed E-state index contributed by atoms with van der Waals surface area (Å²) in [5.41, 5.74) is 27.8. The third-order valence-electron chi connectivity index (χ3n) is 17.6. The summed E-state index contributed by atoms with van der Waals surface area (Å²) in [5.74, 6) is 0. The van der Waals surface area contributed by atoms with E-state index in [4.69, 9.17) is 0 Å². The Morgan fingerprint density at radius 1 is 0.181 bits per heavy atom. The Balaban J connectivity index is 0.961. The standard InChI is InChI=1S/C80H53N3/c1-7-19-52(20-8-1)58-33-37-73-69(46-58)70-47-59(53-21-9-2-10-22-53)34-38-74(70)81(73)67-42-62-31-32-63-43-68(82-75-39-35-60(54-23-11-3-12-24-54)48-71(75)72-49-61(36-40-76(72)82)55-25-13-4-14-26-55)51-78-80(63)79(62)77(50-67)83(78)66-44-64(56-27-15-5-16-28-56)41-65(45-66)57-29-17-6-18-30-57/h1-30,33-51H,31-32H2. The number of rotatable bonds is 9. The van der Waals surface area contributed by atoms with Crippen LogP contribution in [0.2, 0.25) is 0 Å². The maximum Gasteiger partial charge on any atom is 0.0564 e. The summed E-state index contributed by atoms with van der Waals surface area (Å²) in [4.78, 5) is 0. The monoisotopic (exact) mass is 1060 g/mol. The molecule has 0 unspecified atom stereocenters. The van der Waals surface area contributed by atoms with Crippen molar-refractivity contribution in [1.29, 1.82) is 0 Å². The molecule has 0 spiro atoms. The van der Waals surface area contributed by atoms with Crippen molar-refractivity contribution in [3.8, 4) is 83.8 Å². The minimum atomic E-state index is 0.917. The van der Waals surface area contributed by atoms with Gasteiger partial charge in [0.1, 0.15) is 0 Å². The lowest BCUT2D eigenvalue weighted by atomic mass is 9.90. The lowest BCUT2D eigenvalue weighted by Crippen LogP contribution is -2.03. The van der Waals surface area contributed by atoms with Crippen molar-refractivity contribution in [2.24, 2.45) is 0 Å². The van der Waals surface area contributed by atoms with Gasteiger partial charge in [0, 0.05) is 49.4 Å². The van der Waals surface area contributed by atoms with Gasteiger partial charge in [-0.2, -0.15) is 0 Å². The molecule has 0 radical (unpaired) electrons. The third kappa shape index (κ3) is 7.73. The predicted octanol–water partition coefficient (Wildman–Crippen LogP) is 21.1. The van der Waals surface area contributed by atoms with Gasteiger partial charge in [-0.1, -0.05) is 206 Å². The molecule has 3 heterocycles. The van der Waals surface area contributed by atoms with Crippen molar-refractivity contribution in [3.63, 3.8) is 0 Å². The van der Waals surface area contributed by atoms with Crippen molar-refractivity contribution in [2.45, 2.75) is 12.8 Å². The number of aromatic nitrogens is 3. The van der Waals surface area contributed by atoms with Gasteiger partial charge in [-0.05, 0) is 182 Å². The van der Waals surface area contributed by atoms with E-state index in [1.54, 1.807) is 0 Å². The average Bonchev–Trinajstić information content (AvgIpc) is 1.92. The molecular weight excluding hydrogens is 1000 g/mol. The molecule has 3 aromatic heterocycles. The van der Waals surface area contributed by atoms with Crippen LogP contribution in [-0.2, 0) is 12.8 Å². The second-order valence-electron chi connectivity index (χ2n) is 22.4. The Bertz CT molecular complexity index is 4690. The summed E-state index contributed by atoms with van der Waals surface area (Å²) in [6, 6.07) is 110. The smallest absolute Gasteiger partial charge is 0.0564 e. The molecule has 0 bridgehead atoms. The van der Waals surface area contributed by atoms with Crippen LogP contribution in [0, 0.1) is 0 Å². The zero-order valence-electron chi connectivity index (χ0n) is 45.5. The van der Waals surface area contributed by atoms with Gasteiger partial charge in [0.05, 0.1) is 33.1 Å². The number of hydrogen-bond donors (Lipinski definition) is 0. The molecule has 0 atom stereocenters. The number of nitrogens with zero attached hydrogens (tertiary/aromatic N) is 3. The van der Waals surface area contributed by atoms with Crippen LogP contribution < -0.4 is 0 Å². The fourth-order valence-corrected chi connectivity index (χ4v) is 13.8. The van der Waals surface area contributed by atoms with E-state index in [1.807, 2.05) is 0 Å². The second kappa shape index (κ2) is 18.9. The van der Waals surface area contributed by atoms with E-state index in [9.17, 15) is 0 Å². The van der Waals surface area contributed by atoms with E-state index >= 15 is 0 Å². The number of aryl methyl sites for hydroxylation is 2. The molecule has 3 heteroatoms. The summed E-state index contributed by atoms with van der Waals surface area (Å²) in [6.07, 6.45) is 1.83. The Morgan fingerprint density at radius 3 is 0.723 bits per heavy atom. The van der Waals surface area contributed by atoms with Gasteiger partial charge in [0.2, 0.25) is 0 Å². The normalized spacial score (nSPS) is 12.2. The van der Waals surface area contributed by atoms with E-state index in [0.29, 0.717) is 0 Å². The molecule has 16 aromatic rings. The highest BCUT2D eigenvalue weighted by atomic mass is 15.0. The van der Waals surface area contributed by atoms with Crippen LogP contribution in [0.4, 0.5) is 0 Å². The molecule has 1 aliphatic rings. The summed E-state index contributed by atoms with van der Waals surface area (Å²) in [7, 11) is 0. The zero-order valence-corrected chi connectivity index (χ0v) is 45.5. The number of hydrogen-bond acceptors (Lipinski definition) is 0. The molecule has 0 aliphatic heterocycles. The first-order valence-electron chi connectivity index (χ1n) is 28.9. The van der Waals surface area contributed by atoms with Crippen molar-refractivity contribution in [3.05, 3.63) is 308 Å². The van der Waals surface area contributed by atoms with Crippen LogP contribution in [0.5, 0.6) is 0 Å². The molecule has 83 heavy (non-hydrogen) atoms. The lowest BCUT2D eigenvalue weighted by molar-refractivity contribution is 0.962. The van der Waals surface area contributed by atoms with E-state index in [-0.39, 0.29) is 0 Å². The fourth-order valence-electron chi connectivity index (χ4n) is 13.8. The highest BCUT2D eigenvalue weighted by molar-refractivity contribution is 6.17. The van der Waals surface area contributed by atoms with Gasteiger partial charge < -0.3 is 13.7 Å². The second-order valence-corrected chi connectivity index (χ2v) is 22.4. The quantitative estimate of drug-likeness (QED) is 0.137. The predicted molar refractivity (Wildman–Crippen MR) is 349 cm³/mol. The highest BCUT2D eigenvalue weighted by Crippen LogP contribution is 2.47. The maximum absolute atomic E-state index is 2.61. The maximum atomic E-state index is 2.61. The van der Waals surface area contributed by atoms with Crippen molar-refractivity contribution < 1.29 is 0 Å². The van der Waals surface area contributed by atoms with Gasteiger partial charge in [0.15, 0.2) is 0 Å². The first-order chi connectivity index (χ1) is 41.1. The van der Waals surface area contributed by atoms with Crippen molar-refractivity contribution >= 4 is 65.4 Å². The zero-order chi connectivity index (χ0) is 54.5. The largest absolute Gasteiger partial charge is 0.309 e. The Morgan fingerprint density at radius 2 is 0.434 bits per heavy atom. The molecule has 388 valence electrons. The van der Waals surface area contributed by atoms with Gasteiger partial charge in [-0.15, -0.1) is 0 Å². The minimum absolute atomic E-state index is 0.917. The van der Waals surface area contributed by atoms with Gasteiger partial charge >= 0.3 is 0 Å².